The zero-order valence-corrected chi connectivity index (χ0v) is 14.6. The van der Waals surface area contributed by atoms with Gasteiger partial charge in [-0.2, -0.15) is 5.10 Å². The molecule has 1 N–H and O–H groups in total. The summed E-state index contributed by atoms with van der Waals surface area (Å²) in [6.07, 6.45) is 0.991. The number of benzene rings is 1. The van der Waals surface area contributed by atoms with Crippen molar-refractivity contribution in [2.75, 3.05) is 6.61 Å². The van der Waals surface area contributed by atoms with Crippen LogP contribution in [0, 0.1) is 13.8 Å². The lowest BCUT2D eigenvalue weighted by atomic mass is 10.1. The van der Waals surface area contributed by atoms with E-state index in [0.29, 0.717) is 10.9 Å². The summed E-state index contributed by atoms with van der Waals surface area (Å²) in [6, 6.07) is 9.14. The Balaban J connectivity index is 1.72. The largest absolute Gasteiger partial charge is 0.452 e. The van der Waals surface area contributed by atoms with Crippen LogP contribution in [-0.2, 0) is 11.3 Å². The summed E-state index contributed by atoms with van der Waals surface area (Å²) in [5, 5.41) is 7.46. The van der Waals surface area contributed by atoms with Gasteiger partial charge in [-0.3, -0.25) is 9.89 Å². The maximum atomic E-state index is 12.5. The maximum Gasteiger partial charge on any atom is 0.359 e. The SMILES string of the molecule is CCCn1c(C)cc(C(=O)COC(=O)c2n[nH]c3ccccc23)c1C. The van der Waals surface area contributed by atoms with E-state index < -0.39 is 5.97 Å². The predicted octanol–water partition coefficient (Wildman–Crippen LogP) is 3.43. The molecule has 6 nitrogen and oxygen atoms in total. The Hall–Kier alpha value is -2.89. The number of carbonyl (C=O) groups is 2. The van der Waals surface area contributed by atoms with Crippen LogP contribution in [0.4, 0.5) is 0 Å². The smallest absolute Gasteiger partial charge is 0.359 e. The number of hydrogen-bond donors (Lipinski definition) is 1. The van der Waals surface area contributed by atoms with E-state index in [1.54, 1.807) is 6.07 Å². The Morgan fingerprint density at radius 2 is 2.00 bits per heavy atom. The maximum absolute atomic E-state index is 12.5. The topological polar surface area (TPSA) is 77.0 Å². The average molecular weight is 339 g/mol. The molecule has 0 aliphatic heterocycles. The molecule has 0 aliphatic rings. The molecule has 130 valence electrons. The predicted molar refractivity (Wildman–Crippen MR) is 94.9 cm³/mol. The molecule has 3 aromatic rings. The van der Waals surface area contributed by atoms with E-state index in [0.717, 1.165) is 29.9 Å². The van der Waals surface area contributed by atoms with Gasteiger partial charge < -0.3 is 9.30 Å². The van der Waals surface area contributed by atoms with Gasteiger partial charge in [0.05, 0.1) is 5.52 Å². The molecule has 0 bridgehead atoms. The summed E-state index contributed by atoms with van der Waals surface area (Å²) in [6.45, 7) is 6.55. The van der Waals surface area contributed by atoms with Gasteiger partial charge in [-0.1, -0.05) is 25.1 Å². The molecule has 25 heavy (non-hydrogen) atoms. The van der Waals surface area contributed by atoms with E-state index in [1.807, 2.05) is 38.1 Å². The lowest BCUT2D eigenvalue weighted by Gasteiger charge is -2.07. The molecule has 0 fully saturated rings. The molecular formula is C19H21N3O3. The Bertz CT molecular complexity index is 937. The molecule has 2 heterocycles. The fraction of sp³-hybridized carbons (Fsp3) is 0.316. The van der Waals surface area contributed by atoms with Gasteiger partial charge in [0.25, 0.3) is 0 Å². The molecule has 2 aromatic heterocycles. The molecule has 1 aromatic carbocycles. The van der Waals surface area contributed by atoms with E-state index in [1.165, 1.54) is 0 Å². The highest BCUT2D eigenvalue weighted by Crippen LogP contribution is 2.18. The summed E-state index contributed by atoms with van der Waals surface area (Å²) in [5.41, 5.74) is 3.49. The molecule has 0 spiro atoms. The molecular weight excluding hydrogens is 318 g/mol. The summed E-state index contributed by atoms with van der Waals surface area (Å²) in [7, 11) is 0. The number of carbonyl (C=O) groups excluding carboxylic acids is 2. The van der Waals surface area contributed by atoms with Crippen LogP contribution in [-0.4, -0.2) is 33.1 Å². The van der Waals surface area contributed by atoms with Crippen molar-refractivity contribution < 1.29 is 14.3 Å². The van der Waals surface area contributed by atoms with Gasteiger partial charge in [0.15, 0.2) is 12.3 Å². The van der Waals surface area contributed by atoms with Gasteiger partial charge in [0.1, 0.15) is 0 Å². The Morgan fingerprint density at radius 1 is 1.24 bits per heavy atom. The number of fused-ring (bicyclic) bond motifs is 1. The van der Waals surface area contributed by atoms with Crippen molar-refractivity contribution >= 4 is 22.7 Å². The monoisotopic (exact) mass is 339 g/mol. The van der Waals surface area contributed by atoms with E-state index in [-0.39, 0.29) is 18.1 Å². The molecule has 0 aliphatic carbocycles. The van der Waals surface area contributed by atoms with Gasteiger partial charge in [-0.05, 0) is 32.4 Å². The van der Waals surface area contributed by atoms with Gasteiger partial charge in [-0.15, -0.1) is 0 Å². The van der Waals surface area contributed by atoms with Crippen LogP contribution in [0.3, 0.4) is 0 Å². The standard InChI is InChI=1S/C19H21N3O3/c1-4-9-22-12(2)10-15(13(22)3)17(23)11-25-19(24)18-14-7-5-6-8-16(14)20-21-18/h5-8,10H,4,9,11H2,1-3H3,(H,20,21). The number of nitrogens with one attached hydrogen (secondary N) is 1. The normalized spacial score (nSPS) is 11.0. The molecule has 0 saturated heterocycles. The van der Waals surface area contributed by atoms with Crippen molar-refractivity contribution in [3.63, 3.8) is 0 Å². The van der Waals surface area contributed by atoms with Gasteiger partial charge in [0, 0.05) is 28.9 Å². The van der Waals surface area contributed by atoms with Crippen LogP contribution in [0.2, 0.25) is 0 Å². The molecule has 0 amide bonds. The molecule has 0 unspecified atom stereocenters. The number of hydrogen-bond acceptors (Lipinski definition) is 4. The summed E-state index contributed by atoms with van der Waals surface area (Å²) in [4.78, 5) is 24.7. The lowest BCUT2D eigenvalue weighted by molar-refractivity contribution is 0.0470. The van der Waals surface area contributed by atoms with Crippen molar-refractivity contribution in [1.29, 1.82) is 0 Å². The molecule has 0 atom stereocenters. The highest BCUT2D eigenvalue weighted by molar-refractivity contribution is 6.04. The van der Waals surface area contributed by atoms with Crippen LogP contribution >= 0.6 is 0 Å². The number of aryl methyl sites for hydroxylation is 1. The third-order valence-corrected chi connectivity index (χ3v) is 4.32. The summed E-state index contributed by atoms with van der Waals surface area (Å²) < 4.78 is 7.30. The Kier molecular flexibility index (Phi) is 4.70. The number of Topliss-reactive ketones (excluding diaryl/α,β-unsaturated/α-hetero) is 1. The number of para-hydroxylation sites is 1. The molecule has 0 saturated carbocycles. The average Bonchev–Trinajstić information content (AvgIpc) is 3.16. The number of ketones is 1. The molecule has 0 radical (unpaired) electrons. The number of aromatic nitrogens is 3. The number of ether oxygens (including phenoxy) is 1. The summed E-state index contributed by atoms with van der Waals surface area (Å²) >= 11 is 0. The number of aromatic amines is 1. The van der Waals surface area contributed by atoms with E-state index in [2.05, 4.69) is 21.7 Å². The first-order chi connectivity index (χ1) is 12.0. The quantitative estimate of drug-likeness (QED) is 0.551. The minimum absolute atomic E-state index is 0.194. The van der Waals surface area contributed by atoms with Crippen LogP contribution in [0.1, 0.15) is 45.6 Å². The second kappa shape index (κ2) is 6.93. The zero-order chi connectivity index (χ0) is 18.0. The van der Waals surface area contributed by atoms with Gasteiger partial charge >= 0.3 is 5.97 Å². The number of rotatable bonds is 6. The lowest BCUT2D eigenvalue weighted by Crippen LogP contribution is -2.15. The number of esters is 1. The van der Waals surface area contributed by atoms with Crippen LogP contribution in [0.5, 0.6) is 0 Å². The van der Waals surface area contributed by atoms with Crippen molar-refractivity contribution in [2.45, 2.75) is 33.7 Å². The van der Waals surface area contributed by atoms with E-state index >= 15 is 0 Å². The van der Waals surface area contributed by atoms with Crippen molar-refractivity contribution in [3.05, 3.63) is 53.0 Å². The molecule has 6 heteroatoms. The highest BCUT2D eigenvalue weighted by atomic mass is 16.5. The Morgan fingerprint density at radius 3 is 2.76 bits per heavy atom. The number of nitrogens with zero attached hydrogens (tertiary/aromatic N) is 2. The first-order valence-electron chi connectivity index (χ1n) is 8.33. The van der Waals surface area contributed by atoms with Crippen LogP contribution in [0.15, 0.2) is 30.3 Å². The van der Waals surface area contributed by atoms with Crippen molar-refractivity contribution in [3.8, 4) is 0 Å². The van der Waals surface area contributed by atoms with Crippen molar-refractivity contribution in [1.82, 2.24) is 14.8 Å². The third-order valence-electron chi connectivity index (χ3n) is 4.32. The van der Waals surface area contributed by atoms with Gasteiger partial charge in [-0.25, -0.2) is 4.79 Å². The zero-order valence-electron chi connectivity index (χ0n) is 14.6. The van der Waals surface area contributed by atoms with Gasteiger partial charge in [0.2, 0.25) is 5.78 Å². The van der Waals surface area contributed by atoms with Crippen LogP contribution in [0.25, 0.3) is 10.9 Å². The van der Waals surface area contributed by atoms with E-state index in [9.17, 15) is 9.59 Å². The fourth-order valence-corrected chi connectivity index (χ4v) is 3.05. The van der Waals surface area contributed by atoms with Crippen molar-refractivity contribution in [2.24, 2.45) is 0 Å². The third kappa shape index (κ3) is 3.20. The van der Waals surface area contributed by atoms with E-state index in [4.69, 9.17) is 4.74 Å². The van der Waals surface area contributed by atoms with Crippen LogP contribution < -0.4 is 0 Å². The Labute approximate surface area is 145 Å². The fourth-order valence-electron chi connectivity index (χ4n) is 3.05. The summed E-state index contributed by atoms with van der Waals surface area (Å²) in [5.74, 6) is -0.809. The molecule has 3 rings (SSSR count). The minimum atomic E-state index is -0.604. The first kappa shape index (κ1) is 17.0. The second-order valence-electron chi connectivity index (χ2n) is 6.05. The highest BCUT2D eigenvalue weighted by Gasteiger charge is 2.20. The first-order valence-corrected chi connectivity index (χ1v) is 8.33. The minimum Gasteiger partial charge on any atom is -0.452 e. The number of H-pyrrole nitrogens is 1. The second-order valence-corrected chi connectivity index (χ2v) is 6.05.